The number of nitrogens with zero attached hydrogens (tertiary/aromatic N) is 2. The van der Waals surface area contributed by atoms with Crippen molar-refractivity contribution < 1.29 is 14.3 Å². The Labute approximate surface area is 187 Å². The second-order valence-corrected chi connectivity index (χ2v) is 8.13. The zero-order chi connectivity index (χ0) is 22.4. The largest absolute Gasteiger partial charge is 0.494 e. The Hall–Kier alpha value is -3.06. The topological polar surface area (TPSA) is 73.2 Å². The molecule has 0 spiro atoms. The lowest BCUT2D eigenvalue weighted by Crippen LogP contribution is -2.15. The molecule has 1 amide bonds. The highest BCUT2D eigenvalue weighted by Gasteiger charge is 2.16. The van der Waals surface area contributed by atoms with E-state index in [0.717, 1.165) is 34.1 Å². The van der Waals surface area contributed by atoms with Gasteiger partial charge in [0.05, 0.1) is 35.1 Å². The molecule has 0 radical (unpaired) electrons. The molecule has 0 aliphatic heterocycles. The maximum absolute atomic E-state index is 12.6. The van der Waals surface area contributed by atoms with E-state index in [9.17, 15) is 9.59 Å². The van der Waals surface area contributed by atoms with Crippen molar-refractivity contribution in [3.63, 3.8) is 0 Å². The van der Waals surface area contributed by atoms with Gasteiger partial charge in [-0.1, -0.05) is 18.2 Å². The number of aryl methyl sites for hydroxylation is 1. The van der Waals surface area contributed by atoms with E-state index in [1.807, 2.05) is 67.9 Å². The number of benzene rings is 2. The van der Waals surface area contributed by atoms with E-state index in [-0.39, 0.29) is 17.4 Å². The minimum Gasteiger partial charge on any atom is -0.494 e. The molecule has 3 aromatic rings. The lowest BCUT2D eigenvalue weighted by molar-refractivity contribution is -0.113. The number of ether oxygens (including phenoxy) is 1. The van der Waals surface area contributed by atoms with Crippen molar-refractivity contribution in [2.75, 3.05) is 17.7 Å². The molecule has 0 saturated carbocycles. The summed E-state index contributed by atoms with van der Waals surface area (Å²) in [6, 6.07) is 15.3. The van der Waals surface area contributed by atoms with Gasteiger partial charge in [0.1, 0.15) is 5.75 Å². The first-order valence-corrected chi connectivity index (χ1v) is 11.3. The Morgan fingerprint density at radius 2 is 1.87 bits per heavy atom. The molecule has 31 heavy (non-hydrogen) atoms. The number of carbonyl (C=O) groups excluding carboxylic acids is 2. The third-order valence-corrected chi connectivity index (χ3v) is 5.80. The molecule has 1 aromatic heterocycles. The molecular weight excluding hydrogens is 410 g/mol. The Morgan fingerprint density at radius 3 is 2.55 bits per heavy atom. The van der Waals surface area contributed by atoms with Gasteiger partial charge in [-0.05, 0) is 58.0 Å². The highest BCUT2D eigenvalue weighted by atomic mass is 32.2. The molecular formula is C24H27N3O3S. The SMILES string of the molecule is CCOc1ccc(C(C)=O)cc1CSCC(=O)Nc1c(C)nn(-c2ccccc2)c1C. The quantitative estimate of drug-likeness (QED) is 0.479. The van der Waals surface area contributed by atoms with Gasteiger partial charge < -0.3 is 10.1 Å². The molecule has 0 aliphatic carbocycles. The lowest BCUT2D eigenvalue weighted by atomic mass is 10.1. The highest BCUT2D eigenvalue weighted by molar-refractivity contribution is 7.99. The monoisotopic (exact) mass is 437 g/mol. The Bertz CT molecular complexity index is 1080. The third-order valence-electron chi connectivity index (χ3n) is 4.81. The van der Waals surface area contributed by atoms with Crippen LogP contribution >= 0.6 is 11.8 Å². The van der Waals surface area contributed by atoms with E-state index in [2.05, 4.69) is 10.4 Å². The van der Waals surface area contributed by atoms with E-state index in [0.29, 0.717) is 17.9 Å². The number of carbonyl (C=O) groups is 2. The summed E-state index contributed by atoms with van der Waals surface area (Å²) in [5.74, 6) is 1.52. The normalized spacial score (nSPS) is 10.7. The Morgan fingerprint density at radius 1 is 1.13 bits per heavy atom. The zero-order valence-electron chi connectivity index (χ0n) is 18.3. The van der Waals surface area contributed by atoms with Crippen LogP contribution in [0.15, 0.2) is 48.5 Å². The molecule has 6 nitrogen and oxygen atoms in total. The summed E-state index contributed by atoms with van der Waals surface area (Å²) in [5, 5.41) is 7.56. The van der Waals surface area contributed by atoms with E-state index < -0.39 is 0 Å². The fraction of sp³-hybridized carbons (Fsp3) is 0.292. The molecule has 0 unspecified atom stereocenters. The maximum atomic E-state index is 12.6. The van der Waals surface area contributed by atoms with Crippen molar-refractivity contribution in [2.45, 2.75) is 33.4 Å². The number of thioether (sulfide) groups is 1. The smallest absolute Gasteiger partial charge is 0.234 e. The number of amides is 1. The average molecular weight is 438 g/mol. The van der Waals surface area contributed by atoms with E-state index in [1.54, 1.807) is 13.0 Å². The number of hydrogen-bond donors (Lipinski definition) is 1. The number of ketones is 1. The summed E-state index contributed by atoms with van der Waals surface area (Å²) in [6.07, 6.45) is 0. The average Bonchev–Trinajstić information content (AvgIpc) is 3.03. The van der Waals surface area contributed by atoms with Crippen LogP contribution in [0.1, 0.15) is 41.2 Å². The molecule has 1 N–H and O–H groups in total. The van der Waals surface area contributed by atoms with Gasteiger partial charge in [-0.2, -0.15) is 5.10 Å². The van der Waals surface area contributed by atoms with Gasteiger partial charge in [0.2, 0.25) is 5.91 Å². The van der Waals surface area contributed by atoms with Crippen LogP contribution in [-0.4, -0.2) is 33.8 Å². The molecule has 3 rings (SSSR count). The Balaban J connectivity index is 1.65. The van der Waals surface area contributed by atoms with Crippen molar-refractivity contribution in [3.8, 4) is 11.4 Å². The predicted octanol–water partition coefficient (Wildman–Crippen LogP) is 4.96. The number of aromatic nitrogens is 2. The summed E-state index contributed by atoms with van der Waals surface area (Å²) < 4.78 is 7.50. The Kier molecular flexibility index (Phi) is 7.52. The van der Waals surface area contributed by atoms with Crippen molar-refractivity contribution >= 4 is 29.1 Å². The van der Waals surface area contributed by atoms with E-state index in [4.69, 9.17) is 4.74 Å². The van der Waals surface area contributed by atoms with Crippen LogP contribution in [0, 0.1) is 13.8 Å². The second kappa shape index (κ2) is 10.3. The van der Waals surface area contributed by atoms with E-state index >= 15 is 0 Å². The number of rotatable bonds is 9. The van der Waals surface area contributed by atoms with Gasteiger partial charge in [0.25, 0.3) is 0 Å². The fourth-order valence-corrected chi connectivity index (χ4v) is 4.09. The second-order valence-electron chi connectivity index (χ2n) is 7.15. The molecule has 0 fully saturated rings. The zero-order valence-corrected chi connectivity index (χ0v) is 19.1. The minimum atomic E-state index is -0.0931. The van der Waals surface area contributed by atoms with Gasteiger partial charge >= 0.3 is 0 Å². The highest BCUT2D eigenvalue weighted by Crippen LogP contribution is 2.26. The van der Waals surface area contributed by atoms with Crippen LogP contribution in [-0.2, 0) is 10.5 Å². The first-order valence-electron chi connectivity index (χ1n) is 10.2. The van der Waals surface area contributed by atoms with Gasteiger partial charge in [0, 0.05) is 16.9 Å². The molecule has 162 valence electrons. The number of para-hydroxylation sites is 1. The van der Waals surface area contributed by atoms with Crippen LogP contribution in [0.4, 0.5) is 5.69 Å². The summed E-state index contributed by atoms with van der Waals surface area (Å²) in [6.45, 7) is 7.83. The fourth-order valence-electron chi connectivity index (χ4n) is 3.28. The van der Waals surface area contributed by atoms with Crippen LogP contribution in [0.25, 0.3) is 5.69 Å². The molecule has 2 aromatic carbocycles. The summed E-state index contributed by atoms with van der Waals surface area (Å²) in [4.78, 5) is 24.3. The molecule has 1 heterocycles. The van der Waals surface area contributed by atoms with Crippen molar-refractivity contribution in [3.05, 3.63) is 71.0 Å². The summed E-state index contributed by atoms with van der Waals surface area (Å²) in [7, 11) is 0. The van der Waals surface area contributed by atoms with E-state index in [1.165, 1.54) is 11.8 Å². The number of hydrogen-bond acceptors (Lipinski definition) is 5. The molecule has 0 saturated heterocycles. The minimum absolute atomic E-state index is 0.00780. The molecule has 7 heteroatoms. The molecule has 0 aliphatic rings. The van der Waals surface area contributed by atoms with Gasteiger partial charge in [-0.15, -0.1) is 11.8 Å². The summed E-state index contributed by atoms with van der Waals surface area (Å²) in [5.41, 5.74) is 4.90. The van der Waals surface area contributed by atoms with Gasteiger partial charge in [-0.3, -0.25) is 9.59 Å². The van der Waals surface area contributed by atoms with Crippen LogP contribution in [0.5, 0.6) is 5.75 Å². The number of anilines is 1. The maximum Gasteiger partial charge on any atom is 0.234 e. The van der Waals surface area contributed by atoms with Crippen LogP contribution in [0.2, 0.25) is 0 Å². The number of nitrogens with one attached hydrogen (secondary N) is 1. The molecule has 0 bridgehead atoms. The first-order chi connectivity index (χ1) is 14.9. The first kappa shape index (κ1) is 22.6. The van der Waals surface area contributed by atoms with Crippen molar-refractivity contribution in [2.24, 2.45) is 0 Å². The molecule has 0 atom stereocenters. The lowest BCUT2D eigenvalue weighted by Gasteiger charge is -2.11. The summed E-state index contributed by atoms with van der Waals surface area (Å²) >= 11 is 1.48. The van der Waals surface area contributed by atoms with Crippen LogP contribution < -0.4 is 10.1 Å². The van der Waals surface area contributed by atoms with Crippen molar-refractivity contribution in [1.82, 2.24) is 9.78 Å². The van der Waals surface area contributed by atoms with Crippen LogP contribution in [0.3, 0.4) is 0 Å². The number of Topliss-reactive ketones (excluding diaryl/α,β-unsaturated/α-hetero) is 1. The van der Waals surface area contributed by atoms with Gasteiger partial charge in [-0.25, -0.2) is 4.68 Å². The third kappa shape index (κ3) is 5.55. The van der Waals surface area contributed by atoms with Gasteiger partial charge in [0.15, 0.2) is 5.78 Å². The van der Waals surface area contributed by atoms with Crippen molar-refractivity contribution in [1.29, 1.82) is 0 Å². The predicted molar refractivity (Wildman–Crippen MR) is 125 cm³/mol. The standard InChI is InChI=1S/C24H27N3O3S/c1-5-30-22-12-11-19(18(4)28)13-20(22)14-31-15-23(29)25-24-16(2)26-27(17(24)3)21-9-7-6-8-10-21/h6-13H,5,14-15H2,1-4H3,(H,25,29).